The average Bonchev–Trinajstić information content (AvgIpc) is 2.05. The van der Waals surface area contributed by atoms with Crippen molar-refractivity contribution in [3.8, 4) is 0 Å². The van der Waals surface area contributed by atoms with Crippen molar-refractivity contribution in [2.75, 3.05) is 19.6 Å². The van der Waals surface area contributed by atoms with Gasteiger partial charge in [-0.05, 0) is 19.6 Å². The number of hydrogen-bond donors (Lipinski definition) is 5. The number of nitrogens with zero attached hydrogens (tertiary/aromatic N) is 1. The minimum Gasteiger partial charge on any atom is -0.450 e. The third kappa shape index (κ3) is 82.3. The van der Waals surface area contributed by atoms with Gasteiger partial charge in [-0.25, -0.2) is 9.59 Å². The van der Waals surface area contributed by atoms with Crippen LogP contribution in [0.15, 0.2) is 0 Å². The summed E-state index contributed by atoms with van der Waals surface area (Å²) in [7, 11) is 0. The third-order valence-corrected chi connectivity index (χ3v) is 1.34. The van der Waals surface area contributed by atoms with Crippen molar-refractivity contribution in [1.82, 2.24) is 11.1 Å². The number of hydrogen-bond acceptors (Lipinski definition) is 4. The highest BCUT2D eigenvalue weighted by molar-refractivity contribution is 5.53. The van der Waals surface area contributed by atoms with Crippen LogP contribution < -0.4 is 6.15 Å². The van der Waals surface area contributed by atoms with E-state index in [0.717, 1.165) is 0 Å². The van der Waals surface area contributed by atoms with E-state index in [0.29, 0.717) is 0 Å². The van der Waals surface area contributed by atoms with Gasteiger partial charge in [-0.2, -0.15) is 0 Å². The van der Waals surface area contributed by atoms with E-state index < -0.39 is 12.3 Å². The molecule has 0 saturated heterocycles. The fourth-order valence-electron chi connectivity index (χ4n) is 0.671. The molecule has 0 fully saturated rings. The van der Waals surface area contributed by atoms with E-state index in [1.54, 1.807) is 0 Å². The van der Waals surface area contributed by atoms with Crippen molar-refractivity contribution in [3.63, 3.8) is 0 Å². The molecule has 16 heavy (non-hydrogen) atoms. The Bertz CT molecular complexity index is 135. The zero-order valence-corrected chi connectivity index (χ0v) is 9.88. The fraction of sp³-hybridized carbons (Fsp3) is 0.750. The van der Waals surface area contributed by atoms with Crippen molar-refractivity contribution < 1.29 is 30.0 Å². The van der Waals surface area contributed by atoms with Crippen LogP contribution in [0.1, 0.15) is 20.8 Å². The second-order valence-electron chi connectivity index (χ2n) is 2.18. The van der Waals surface area contributed by atoms with Crippen LogP contribution in [0.25, 0.3) is 0 Å². The predicted octanol–water partition coefficient (Wildman–Crippen LogP) is 1.95. The third-order valence-electron chi connectivity index (χ3n) is 1.34. The zero-order valence-electron chi connectivity index (χ0n) is 9.88. The number of carboxylic acid groups (broad SMARTS) is 4. The molecule has 0 heterocycles. The maximum Gasteiger partial charge on any atom is 0.503 e. The molecule has 0 radical (unpaired) electrons. The zero-order chi connectivity index (χ0) is 12.9. The van der Waals surface area contributed by atoms with Crippen LogP contribution in [0.3, 0.4) is 0 Å². The summed E-state index contributed by atoms with van der Waals surface area (Å²) in [5.74, 6) is 0. The smallest absolute Gasteiger partial charge is 0.450 e. The van der Waals surface area contributed by atoms with Crippen molar-refractivity contribution in [3.05, 3.63) is 0 Å². The molecule has 0 aliphatic carbocycles. The van der Waals surface area contributed by atoms with Crippen molar-refractivity contribution in [1.29, 1.82) is 0 Å². The molecule has 8 heteroatoms. The van der Waals surface area contributed by atoms with Gasteiger partial charge < -0.3 is 31.5 Å². The first-order valence-corrected chi connectivity index (χ1v) is 4.37. The quantitative estimate of drug-likeness (QED) is 0.503. The molecule has 0 aromatic carbocycles. The minimum atomic E-state index is -1.83. The van der Waals surface area contributed by atoms with Crippen LogP contribution in [-0.2, 0) is 0 Å². The molecule has 0 aromatic heterocycles. The highest BCUT2D eigenvalue weighted by Crippen LogP contribution is 1.81. The second-order valence-corrected chi connectivity index (χ2v) is 2.18. The largest absolute Gasteiger partial charge is 0.503 e. The monoisotopic (exact) mass is 242 g/mol. The highest BCUT2D eigenvalue weighted by atomic mass is 16.6. The van der Waals surface area contributed by atoms with E-state index in [-0.39, 0.29) is 6.15 Å². The summed E-state index contributed by atoms with van der Waals surface area (Å²) in [6, 6.07) is 0. The molecule has 0 aromatic rings. The standard InChI is InChI=1S/C6H15N.2CH2O3.H3N/c1-4-7(5-2)6-3;2*2-1(3)4;/h4-6H2,1-3H3;2*(H2,2,3,4);1H3. The summed E-state index contributed by atoms with van der Waals surface area (Å²) in [6.07, 6.45) is -3.67. The highest BCUT2D eigenvalue weighted by Gasteiger charge is 1.89. The Labute approximate surface area is 94.7 Å². The molecular formula is C8H22N2O6. The molecule has 0 unspecified atom stereocenters. The molecular weight excluding hydrogens is 220 g/mol. The molecule has 0 rings (SSSR count). The van der Waals surface area contributed by atoms with Crippen molar-refractivity contribution >= 4 is 12.3 Å². The summed E-state index contributed by atoms with van der Waals surface area (Å²) in [6.45, 7) is 10.1. The number of rotatable bonds is 3. The first-order valence-electron chi connectivity index (χ1n) is 4.37. The molecule has 0 bridgehead atoms. The normalized spacial score (nSPS) is 7.50. The van der Waals surface area contributed by atoms with E-state index in [1.165, 1.54) is 19.6 Å². The Morgan fingerprint density at radius 3 is 0.938 bits per heavy atom. The lowest BCUT2D eigenvalue weighted by molar-refractivity contribution is 0.135. The molecule has 8 nitrogen and oxygen atoms in total. The van der Waals surface area contributed by atoms with E-state index in [2.05, 4.69) is 25.7 Å². The molecule has 7 N–H and O–H groups in total. The van der Waals surface area contributed by atoms with E-state index in [9.17, 15) is 0 Å². The van der Waals surface area contributed by atoms with Crippen molar-refractivity contribution in [2.24, 2.45) is 0 Å². The van der Waals surface area contributed by atoms with Crippen molar-refractivity contribution in [2.45, 2.75) is 20.8 Å². The summed E-state index contributed by atoms with van der Waals surface area (Å²) >= 11 is 0. The summed E-state index contributed by atoms with van der Waals surface area (Å²) in [5, 5.41) is 27.9. The Hall–Kier alpha value is -1.54. The van der Waals surface area contributed by atoms with Crippen LogP contribution >= 0.6 is 0 Å². The van der Waals surface area contributed by atoms with E-state index in [4.69, 9.17) is 30.0 Å². The fourth-order valence-corrected chi connectivity index (χ4v) is 0.671. The van der Waals surface area contributed by atoms with Crippen LogP contribution in [0, 0.1) is 0 Å². The Morgan fingerprint density at radius 1 is 0.812 bits per heavy atom. The first kappa shape index (κ1) is 23.9. The molecule has 0 spiro atoms. The molecule has 0 amide bonds. The van der Waals surface area contributed by atoms with Gasteiger partial charge in [0.2, 0.25) is 0 Å². The van der Waals surface area contributed by atoms with Crippen LogP contribution in [0.4, 0.5) is 9.59 Å². The molecule has 0 atom stereocenters. The van der Waals surface area contributed by atoms with Crippen LogP contribution in [-0.4, -0.2) is 57.3 Å². The van der Waals surface area contributed by atoms with Gasteiger partial charge in [0.1, 0.15) is 0 Å². The molecule has 0 aliphatic rings. The van der Waals surface area contributed by atoms with Gasteiger partial charge in [-0.15, -0.1) is 0 Å². The second kappa shape index (κ2) is 19.1. The predicted molar refractivity (Wildman–Crippen MR) is 59.8 cm³/mol. The SMILES string of the molecule is CCN(CC)CC.N.O=C(O)O.O=C(O)O. The Morgan fingerprint density at radius 2 is 0.938 bits per heavy atom. The van der Waals surface area contributed by atoms with Gasteiger partial charge in [0.25, 0.3) is 0 Å². The average molecular weight is 242 g/mol. The maximum atomic E-state index is 8.56. The van der Waals surface area contributed by atoms with Crippen LogP contribution in [0.5, 0.6) is 0 Å². The number of carbonyl (C=O) groups is 2. The van der Waals surface area contributed by atoms with Gasteiger partial charge in [-0.1, -0.05) is 20.8 Å². The van der Waals surface area contributed by atoms with Gasteiger partial charge in [0, 0.05) is 0 Å². The van der Waals surface area contributed by atoms with Crippen LogP contribution in [0.2, 0.25) is 0 Å². The lowest BCUT2D eigenvalue weighted by atomic mass is 10.5. The molecule has 100 valence electrons. The Kier molecular flexibility index (Phi) is 28.6. The van der Waals surface area contributed by atoms with Gasteiger partial charge in [0.05, 0.1) is 0 Å². The first-order chi connectivity index (χ1) is 6.81. The van der Waals surface area contributed by atoms with Gasteiger partial charge in [-0.3, -0.25) is 0 Å². The lowest BCUT2D eigenvalue weighted by Gasteiger charge is -2.13. The Balaban J connectivity index is -0.0000000700. The van der Waals surface area contributed by atoms with E-state index in [1.807, 2.05) is 0 Å². The lowest BCUT2D eigenvalue weighted by Crippen LogP contribution is -2.21. The van der Waals surface area contributed by atoms with Gasteiger partial charge >= 0.3 is 12.3 Å². The molecule has 0 saturated carbocycles. The topological polar surface area (TPSA) is 153 Å². The summed E-state index contributed by atoms with van der Waals surface area (Å²) < 4.78 is 0. The minimum absolute atomic E-state index is 0. The summed E-state index contributed by atoms with van der Waals surface area (Å²) in [4.78, 5) is 19.5. The summed E-state index contributed by atoms with van der Waals surface area (Å²) in [5.41, 5.74) is 0. The van der Waals surface area contributed by atoms with Gasteiger partial charge in [0.15, 0.2) is 0 Å². The molecule has 0 aliphatic heterocycles. The van der Waals surface area contributed by atoms with E-state index >= 15 is 0 Å². The maximum absolute atomic E-state index is 8.56.